The second-order valence-corrected chi connectivity index (χ2v) is 5.31. The highest BCUT2D eigenvalue weighted by Gasteiger charge is 2.33. The normalized spacial score (nSPS) is 21.2. The third-order valence-corrected chi connectivity index (χ3v) is 3.69. The van der Waals surface area contributed by atoms with Crippen LogP contribution in [0.25, 0.3) is 0 Å². The molecule has 0 radical (unpaired) electrons. The molecule has 4 heteroatoms. The number of carbonyl (C=O) groups is 1. The quantitative estimate of drug-likeness (QED) is 0.765. The van der Waals surface area contributed by atoms with Gasteiger partial charge in [-0.05, 0) is 51.1 Å². The van der Waals surface area contributed by atoms with Gasteiger partial charge in [0.2, 0.25) is 0 Å². The van der Waals surface area contributed by atoms with Crippen molar-refractivity contribution < 1.29 is 4.79 Å². The molecule has 1 aliphatic heterocycles. The molecule has 2 aliphatic rings. The Morgan fingerprint density at radius 3 is 2.59 bits per heavy atom. The van der Waals surface area contributed by atoms with Crippen LogP contribution in [0.1, 0.15) is 39.0 Å². The molecule has 0 aromatic heterocycles. The van der Waals surface area contributed by atoms with Crippen molar-refractivity contribution in [3.63, 3.8) is 0 Å². The molecule has 0 atom stereocenters. The van der Waals surface area contributed by atoms with Crippen molar-refractivity contribution in [2.75, 3.05) is 26.2 Å². The summed E-state index contributed by atoms with van der Waals surface area (Å²) in [5, 5.41) is 6.39. The monoisotopic (exact) mass is 239 g/mol. The predicted molar refractivity (Wildman–Crippen MR) is 69.0 cm³/mol. The first kappa shape index (κ1) is 12.7. The van der Waals surface area contributed by atoms with Gasteiger partial charge >= 0.3 is 6.03 Å². The summed E-state index contributed by atoms with van der Waals surface area (Å²) < 4.78 is 0. The van der Waals surface area contributed by atoms with Crippen LogP contribution in [0, 0.1) is 5.92 Å². The van der Waals surface area contributed by atoms with Crippen LogP contribution in [0.2, 0.25) is 0 Å². The maximum atomic E-state index is 12.1. The Bertz CT molecular complexity index is 247. The van der Waals surface area contributed by atoms with E-state index in [1.807, 2.05) is 0 Å². The van der Waals surface area contributed by atoms with Gasteiger partial charge in [0.25, 0.3) is 0 Å². The Balaban J connectivity index is 1.81. The average Bonchev–Trinajstić information content (AvgIpc) is 3.18. The summed E-state index contributed by atoms with van der Waals surface area (Å²) in [6.45, 7) is 6.07. The molecular formula is C13H25N3O. The number of piperidine rings is 1. The van der Waals surface area contributed by atoms with Gasteiger partial charge in [0.05, 0.1) is 0 Å². The fourth-order valence-corrected chi connectivity index (χ4v) is 2.46. The van der Waals surface area contributed by atoms with E-state index in [-0.39, 0.29) is 6.03 Å². The van der Waals surface area contributed by atoms with Gasteiger partial charge in [-0.1, -0.05) is 6.92 Å². The lowest BCUT2D eigenvalue weighted by Gasteiger charge is -2.30. The van der Waals surface area contributed by atoms with Crippen molar-refractivity contribution in [2.24, 2.45) is 5.92 Å². The lowest BCUT2D eigenvalue weighted by Crippen LogP contribution is -2.45. The maximum absolute atomic E-state index is 12.1. The minimum Gasteiger partial charge on any atom is -0.338 e. The molecule has 0 aromatic rings. The number of hydrogen-bond acceptors (Lipinski definition) is 2. The first-order valence-electron chi connectivity index (χ1n) is 7.06. The second kappa shape index (κ2) is 6.24. The number of urea groups is 1. The zero-order valence-corrected chi connectivity index (χ0v) is 10.9. The van der Waals surface area contributed by atoms with E-state index in [0.29, 0.717) is 12.0 Å². The van der Waals surface area contributed by atoms with Gasteiger partial charge in [-0.2, -0.15) is 0 Å². The van der Waals surface area contributed by atoms with Crippen LogP contribution >= 0.6 is 0 Å². The molecule has 1 saturated carbocycles. The summed E-state index contributed by atoms with van der Waals surface area (Å²) in [5.74, 6) is 0.698. The first-order chi connectivity index (χ1) is 8.31. The molecule has 0 spiro atoms. The van der Waals surface area contributed by atoms with Crippen molar-refractivity contribution in [1.29, 1.82) is 0 Å². The van der Waals surface area contributed by atoms with Gasteiger partial charge < -0.3 is 15.5 Å². The van der Waals surface area contributed by atoms with E-state index < -0.39 is 0 Å². The Morgan fingerprint density at radius 2 is 2.00 bits per heavy atom. The van der Waals surface area contributed by atoms with Crippen LogP contribution in [-0.2, 0) is 0 Å². The molecule has 17 heavy (non-hydrogen) atoms. The van der Waals surface area contributed by atoms with Gasteiger partial charge in [-0.3, -0.25) is 0 Å². The van der Waals surface area contributed by atoms with E-state index in [1.54, 1.807) is 0 Å². The van der Waals surface area contributed by atoms with Crippen molar-refractivity contribution >= 4 is 6.03 Å². The zero-order valence-electron chi connectivity index (χ0n) is 10.9. The molecule has 2 fully saturated rings. The maximum Gasteiger partial charge on any atom is 0.317 e. The van der Waals surface area contributed by atoms with E-state index in [4.69, 9.17) is 0 Å². The highest BCUT2D eigenvalue weighted by atomic mass is 16.2. The Labute approximate surface area is 104 Å². The molecule has 2 rings (SSSR count). The number of nitrogens with zero attached hydrogens (tertiary/aromatic N) is 1. The van der Waals surface area contributed by atoms with Crippen molar-refractivity contribution in [1.82, 2.24) is 15.5 Å². The third kappa shape index (κ3) is 3.87. The number of hydrogen-bond donors (Lipinski definition) is 2. The molecule has 1 saturated heterocycles. The fourth-order valence-electron chi connectivity index (χ4n) is 2.46. The van der Waals surface area contributed by atoms with Crippen molar-refractivity contribution in [3.8, 4) is 0 Å². The third-order valence-electron chi connectivity index (χ3n) is 3.69. The lowest BCUT2D eigenvalue weighted by molar-refractivity contribution is 0.176. The highest BCUT2D eigenvalue weighted by Crippen LogP contribution is 2.28. The van der Waals surface area contributed by atoms with E-state index >= 15 is 0 Å². The molecule has 4 nitrogen and oxygen atoms in total. The van der Waals surface area contributed by atoms with Crippen molar-refractivity contribution in [2.45, 2.75) is 45.1 Å². The molecule has 0 bridgehead atoms. The van der Waals surface area contributed by atoms with Gasteiger partial charge in [0.1, 0.15) is 0 Å². The topological polar surface area (TPSA) is 44.4 Å². The van der Waals surface area contributed by atoms with Crippen LogP contribution in [0.15, 0.2) is 0 Å². The molecule has 1 heterocycles. The summed E-state index contributed by atoms with van der Waals surface area (Å²) in [6, 6.07) is 0.689. The summed E-state index contributed by atoms with van der Waals surface area (Å²) in [5.41, 5.74) is 0. The number of rotatable bonds is 5. The number of carbonyl (C=O) groups excluding carboxylic acids is 1. The van der Waals surface area contributed by atoms with Crippen LogP contribution < -0.4 is 10.6 Å². The summed E-state index contributed by atoms with van der Waals surface area (Å²) in [7, 11) is 0. The minimum absolute atomic E-state index is 0.160. The van der Waals surface area contributed by atoms with E-state index in [2.05, 4.69) is 22.5 Å². The van der Waals surface area contributed by atoms with Crippen LogP contribution in [0.5, 0.6) is 0 Å². The van der Waals surface area contributed by atoms with E-state index in [0.717, 1.165) is 32.6 Å². The van der Waals surface area contributed by atoms with Gasteiger partial charge in [-0.25, -0.2) is 4.79 Å². The van der Waals surface area contributed by atoms with Gasteiger partial charge in [0.15, 0.2) is 0 Å². The minimum atomic E-state index is 0.160. The second-order valence-electron chi connectivity index (χ2n) is 5.31. The zero-order chi connectivity index (χ0) is 12.1. The largest absolute Gasteiger partial charge is 0.338 e. The molecule has 0 aromatic carbocycles. The predicted octanol–water partition coefficient (Wildman–Crippen LogP) is 1.57. The lowest BCUT2D eigenvalue weighted by atomic mass is 9.97. The summed E-state index contributed by atoms with van der Waals surface area (Å²) in [4.78, 5) is 14.1. The van der Waals surface area contributed by atoms with Crippen molar-refractivity contribution in [3.05, 3.63) is 0 Å². The number of amides is 2. The van der Waals surface area contributed by atoms with E-state index in [1.165, 1.54) is 25.7 Å². The van der Waals surface area contributed by atoms with E-state index in [9.17, 15) is 4.79 Å². The smallest absolute Gasteiger partial charge is 0.317 e. The molecule has 98 valence electrons. The Morgan fingerprint density at radius 1 is 1.29 bits per heavy atom. The van der Waals surface area contributed by atoms with Crippen LogP contribution in [0.3, 0.4) is 0 Å². The molecule has 2 amide bonds. The average molecular weight is 239 g/mol. The van der Waals surface area contributed by atoms with Crippen LogP contribution in [-0.4, -0.2) is 43.2 Å². The van der Waals surface area contributed by atoms with Gasteiger partial charge in [-0.15, -0.1) is 0 Å². The Kier molecular flexibility index (Phi) is 4.66. The highest BCUT2D eigenvalue weighted by molar-refractivity contribution is 5.74. The SMILES string of the molecule is CCCNC(=O)N(CC1CCNCC1)C1CC1. The number of nitrogens with one attached hydrogen (secondary N) is 2. The molecule has 2 N–H and O–H groups in total. The molecule has 0 unspecified atom stereocenters. The van der Waals surface area contributed by atoms with Crippen LogP contribution in [0.4, 0.5) is 4.79 Å². The molecular weight excluding hydrogens is 214 g/mol. The molecule has 1 aliphatic carbocycles. The summed E-state index contributed by atoms with van der Waals surface area (Å²) >= 11 is 0. The Hall–Kier alpha value is -0.770. The fraction of sp³-hybridized carbons (Fsp3) is 0.923. The summed E-state index contributed by atoms with van der Waals surface area (Å²) in [6.07, 6.45) is 5.83. The first-order valence-corrected chi connectivity index (χ1v) is 7.06. The van der Waals surface area contributed by atoms with Gasteiger partial charge in [0, 0.05) is 19.1 Å². The standard InChI is InChI=1S/C13H25N3O/c1-2-7-15-13(17)16(12-3-4-12)10-11-5-8-14-9-6-11/h11-12,14H,2-10H2,1H3,(H,15,17).